The van der Waals surface area contributed by atoms with E-state index in [0.717, 1.165) is 0 Å². The summed E-state index contributed by atoms with van der Waals surface area (Å²) in [7, 11) is 3.65. The van der Waals surface area contributed by atoms with Gasteiger partial charge in [-0.1, -0.05) is 27.7 Å². The number of hydrazone groups is 1. The van der Waals surface area contributed by atoms with Gasteiger partial charge in [0, 0.05) is 23.8 Å². The molecule has 0 radical (unpaired) electrons. The normalized spacial score (nSPS) is 44.0. The minimum absolute atomic E-state index is 0.0139. The van der Waals surface area contributed by atoms with Gasteiger partial charge in [-0.25, -0.2) is 5.21 Å². The van der Waals surface area contributed by atoms with Crippen molar-refractivity contribution in [3.8, 4) is 0 Å². The van der Waals surface area contributed by atoms with Crippen LogP contribution in [0, 0.1) is 28.6 Å². The number of hydrogen-bond acceptors (Lipinski definition) is 12. The van der Waals surface area contributed by atoms with Gasteiger partial charge in [-0.15, -0.1) is 0 Å². The third-order valence-corrected chi connectivity index (χ3v) is 10.0. The van der Waals surface area contributed by atoms with Crippen molar-refractivity contribution in [2.75, 3.05) is 27.3 Å². The minimum atomic E-state index is -1.94. The molecule has 3 N–H and O–H groups in total. The number of ketones is 2. The van der Waals surface area contributed by atoms with Crippen LogP contribution in [0.3, 0.4) is 0 Å². The van der Waals surface area contributed by atoms with Crippen molar-refractivity contribution >= 4 is 23.2 Å². The SMILES string of the molecule is CC[C@H]1OC(=O)[C@H](C)C(=O)[C@H](C)[C@@H](O[C@@H]2O[C@H](C)C[C@H](N(C)C)[C@H]2O)[C@@]2(C)C[C@@H](C)/C(=N\[N+](=O)O)[C@H](C)[C@@H](OCC(=O)CO2)[C@]1(C)O. The molecular weight excluding hydrogens is 618 g/mol. The van der Waals surface area contributed by atoms with Gasteiger partial charge in [0.25, 0.3) is 0 Å². The lowest BCUT2D eigenvalue weighted by molar-refractivity contribution is -0.796. The molecule has 3 saturated heterocycles. The number of fused-ring (bicyclic) bond motifs is 5. The molecule has 0 aromatic rings. The Morgan fingerprint density at radius 1 is 1.06 bits per heavy atom. The Morgan fingerprint density at radius 2 is 1.70 bits per heavy atom. The van der Waals surface area contributed by atoms with Gasteiger partial charge in [-0.3, -0.25) is 14.4 Å². The first-order chi connectivity index (χ1) is 21.7. The molecule has 15 heteroatoms. The number of carbonyl (C=O) groups is 3. The summed E-state index contributed by atoms with van der Waals surface area (Å²) in [5.74, 6) is -5.92. The van der Waals surface area contributed by atoms with Crippen molar-refractivity contribution in [2.45, 2.75) is 129 Å². The Hall–Kier alpha value is -2.40. The molecular formula is C32H54N3O12+. The average Bonchev–Trinajstić information content (AvgIpc) is 3.00. The monoisotopic (exact) mass is 672 g/mol. The van der Waals surface area contributed by atoms with Crippen molar-refractivity contribution in [1.29, 1.82) is 0 Å². The standard InChI is InChI=1S/C32H54N3O12/c1-11-23-32(8,40)28-18(4)24(33-35(41)42)16(2)13-31(7,44-15-21(36)14-43-28)27(19(5)25(37)20(6)29(39)46-23)47-30-26(38)22(34(9)10)12-17(3)45-30/h16-20,22-23,26-28,30,38,40H,11-15H2,1-10H3,(H,41,42)/q+1/b33-24+/t16-,17-,18+,19+,20-,22+,23-,26-,27-,28-,30+,31-,32-/m1/s1. The Bertz CT molecular complexity index is 1190. The van der Waals surface area contributed by atoms with E-state index in [1.54, 1.807) is 34.6 Å². The number of rotatable bonds is 5. The molecule has 3 heterocycles. The van der Waals surface area contributed by atoms with Gasteiger partial charge >= 0.3 is 11.0 Å². The highest BCUT2D eigenvalue weighted by Crippen LogP contribution is 2.40. The zero-order chi connectivity index (χ0) is 35.6. The van der Waals surface area contributed by atoms with E-state index in [9.17, 15) is 34.7 Å². The summed E-state index contributed by atoms with van der Waals surface area (Å²) in [4.78, 5) is 54.7. The molecule has 3 fully saturated rings. The largest absolute Gasteiger partial charge is 0.459 e. The van der Waals surface area contributed by atoms with Crippen LogP contribution in [0.1, 0.15) is 74.7 Å². The second kappa shape index (κ2) is 15.4. The first-order valence-electron chi connectivity index (χ1n) is 16.4. The topological polar surface area (TPSA) is 194 Å². The maximum atomic E-state index is 14.1. The molecule has 0 unspecified atom stereocenters. The van der Waals surface area contributed by atoms with Gasteiger partial charge in [-0.2, -0.15) is 0 Å². The van der Waals surface area contributed by atoms with E-state index >= 15 is 0 Å². The van der Waals surface area contributed by atoms with Crippen LogP contribution in [0.15, 0.2) is 5.10 Å². The smallest absolute Gasteiger partial charge is 0.387 e. The fourth-order valence-corrected chi connectivity index (χ4v) is 7.44. The first-order valence-corrected chi connectivity index (χ1v) is 16.4. The van der Waals surface area contributed by atoms with Crippen LogP contribution in [0.4, 0.5) is 0 Å². The molecule has 0 amide bonds. The Balaban J connectivity index is 2.29. The van der Waals surface area contributed by atoms with Gasteiger partial charge < -0.3 is 38.8 Å². The van der Waals surface area contributed by atoms with Gasteiger partial charge in [0.05, 0.1) is 29.0 Å². The van der Waals surface area contributed by atoms with E-state index in [-0.39, 0.29) is 30.7 Å². The summed E-state index contributed by atoms with van der Waals surface area (Å²) in [5.41, 5.74) is -3.35. The Labute approximate surface area is 276 Å². The quantitative estimate of drug-likeness (QED) is 0.217. The van der Waals surface area contributed by atoms with Gasteiger partial charge in [0.15, 0.2) is 17.9 Å². The average molecular weight is 673 g/mol. The number of esters is 1. The summed E-state index contributed by atoms with van der Waals surface area (Å²) in [5, 5.41) is 36.3. The van der Waals surface area contributed by atoms with Crippen molar-refractivity contribution in [3.63, 3.8) is 0 Å². The number of nitrogens with zero attached hydrogens (tertiary/aromatic N) is 3. The van der Waals surface area contributed by atoms with Gasteiger partial charge in [0.2, 0.25) is 0 Å². The van der Waals surface area contributed by atoms with E-state index in [1.807, 2.05) is 25.9 Å². The molecule has 3 aliphatic rings. The molecule has 15 nitrogen and oxygen atoms in total. The maximum Gasteiger partial charge on any atom is 0.387 e. The maximum absolute atomic E-state index is 14.1. The summed E-state index contributed by atoms with van der Waals surface area (Å²) < 4.78 is 30.7. The van der Waals surface area contributed by atoms with Crippen LogP contribution in [0.25, 0.3) is 0 Å². The van der Waals surface area contributed by atoms with Gasteiger partial charge in [-0.05, 0) is 61.1 Å². The number of cyclic esters (lactones) is 1. The predicted molar refractivity (Wildman–Crippen MR) is 166 cm³/mol. The van der Waals surface area contributed by atoms with Crippen LogP contribution in [0.5, 0.6) is 0 Å². The van der Waals surface area contributed by atoms with Crippen LogP contribution in [-0.2, 0) is 38.1 Å². The second-order valence-electron chi connectivity index (χ2n) is 14.1. The second-order valence-corrected chi connectivity index (χ2v) is 14.1. The highest BCUT2D eigenvalue weighted by Gasteiger charge is 2.53. The van der Waals surface area contributed by atoms with Crippen molar-refractivity contribution in [1.82, 2.24) is 4.90 Å². The van der Waals surface area contributed by atoms with Crippen molar-refractivity contribution in [2.24, 2.45) is 28.8 Å². The molecule has 0 aromatic heterocycles. The molecule has 0 saturated carbocycles. The molecule has 13 atom stereocenters. The number of hydrogen-bond donors (Lipinski definition) is 3. The van der Waals surface area contributed by atoms with Gasteiger partial charge in [0.1, 0.15) is 47.6 Å². The number of aliphatic hydroxyl groups excluding tert-OH is 1. The molecule has 0 spiro atoms. The zero-order valence-electron chi connectivity index (χ0n) is 29.2. The number of likely N-dealkylation sites (N-methyl/N-ethyl adjacent to an activating group) is 1. The highest BCUT2D eigenvalue weighted by molar-refractivity contribution is 6.00. The van der Waals surface area contributed by atoms with Crippen molar-refractivity contribution < 1.29 is 58.5 Å². The van der Waals surface area contributed by atoms with Crippen LogP contribution >= 0.6 is 0 Å². The lowest BCUT2D eigenvalue weighted by Crippen LogP contribution is -2.60. The third kappa shape index (κ3) is 8.61. The van der Waals surface area contributed by atoms with Crippen LogP contribution in [0.2, 0.25) is 0 Å². The van der Waals surface area contributed by atoms with E-state index in [4.69, 9.17) is 23.7 Å². The van der Waals surface area contributed by atoms with Crippen molar-refractivity contribution in [3.05, 3.63) is 4.91 Å². The van der Waals surface area contributed by atoms with E-state index in [0.29, 0.717) is 6.42 Å². The predicted octanol–water partition coefficient (Wildman–Crippen LogP) is 1.65. The molecule has 268 valence electrons. The summed E-state index contributed by atoms with van der Waals surface area (Å²) in [6.45, 7) is 11.9. The summed E-state index contributed by atoms with van der Waals surface area (Å²) in [6.07, 6.45) is -5.73. The highest BCUT2D eigenvalue weighted by atomic mass is 16.7. The lowest BCUT2D eigenvalue weighted by atomic mass is 9.74. The number of Topliss-reactive ketones (excluding diaryl/α,β-unsaturated/α-hetero) is 2. The summed E-state index contributed by atoms with van der Waals surface area (Å²) >= 11 is 0. The zero-order valence-corrected chi connectivity index (χ0v) is 29.2. The number of aliphatic hydroxyl groups is 2. The number of carbonyl (C=O) groups excluding carboxylic acids is 3. The molecule has 0 aromatic carbocycles. The fraction of sp³-hybridized carbons (Fsp3) is 0.875. The number of ether oxygens (including phenoxy) is 5. The van der Waals surface area contributed by atoms with E-state index in [1.165, 1.54) is 13.8 Å². The van der Waals surface area contributed by atoms with E-state index < -0.39 is 101 Å². The molecule has 0 aliphatic carbocycles. The minimum Gasteiger partial charge on any atom is -0.459 e. The molecule has 47 heavy (non-hydrogen) atoms. The summed E-state index contributed by atoms with van der Waals surface area (Å²) in [6, 6.07) is -0.344. The van der Waals surface area contributed by atoms with E-state index in [2.05, 4.69) is 5.10 Å². The lowest BCUT2D eigenvalue weighted by Gasteiger charge is -2.47. The Morgan fingerprint density at radius 3 is 2.28 bits per heavy atom. The first kappa shape index (κ1) is 39.0. The molecule has 2 bridgehead atoms. The van der Waals surface area contributed by atoms with Crippen LogP contribution in [-0.4, -0.2) is 130 Å². The fourth-order valence-electron chi connectivity index (χ4n) is 7.44. The third-order valence-electron chi connectivity index (χ3n) is 10.0. The Kier molecular flexibility index (Phi) is 12.8. The molecule has 3 rings (SSSR count). The molecule has 3 aliphatic heterocycles. The van der Waals surface area contributed by atoms with Crippen LogP contribution < -0.4 is 0 Å².